The van der Waals surface area contributed by atoms with Gasteiger partial charge in [-0.05, 0) is 56.0 Å². The monoisotopic (exact) mass is 291 g/mol. The number of anilines is 1. The number of hydrazone groups is 1. The molecule has 0 bridgehead atoms. The van der Waals surface area contributed by atoms with Crippen molar-refractivity contribution in [1.29, 1.82) is 0 Å². The fourth-order valence-electron chi connectivity index (χ4n) is 2.35. The van der Waals surface area contributed by atoms with Gasteiger partial charge in [-0.3, -0.25) is 5.43 Å². The van der Waals surface area contributed by atoms with Crippen LogP contribution >= 0.6 is 12.2 Å². The van der Waals surface area contributed by atoms with Crippen LogP contribution in [0.15, 0.2) is 29.4 Å². The van der Waals surface area contributed by atoms with Gasteiger partial charge in [0.1, 0.15) is 5.75 Å². The number of hydrogen-bond acceptors (Lipinski definition) is 3. The molecule has 1 atom stereocenters. The summed E-state index contributed by atoms with van der Waals surface area (Å²) >= 11 is 5.24. The summed E-state index contributed by atoms with van der Waals surface area (Å²) in [4.78, 5) is 0. The first-order valence-electron chi connectivity index (χ1n) is 6.94. The molecule has 1 aromatic rings. The maximum absolute atomic E-state index is 5.24. The highest BCUT2D eigenvalue weighted by molar-refractivity contribution is 7.80. The molecule has 1 fully saturated rings. The average molecular weight is 291 g/mol. The van der Waals surface area contributed by atoms with Crippen LogP contribution in [-0.4, -0.2) is 17.9 Å². The SMILES string of the molecule is COc1cccc(NC(=S)N/N=C2\CCC[C@@H](C)C2)c1. The number of ether oxygens (including phenoxy) is 1. The summed E-state index contributed by atoms with van der Waals surface area (Å²) in [7, 11) is 1.64. The first-order chi connectivity index (χ1) is 9.67. The van der Waals surface area contributed by atoms with Gasteiger partial charge >= 0.3 is 0 Å². The molecule has 0 saturated heterocycles. The molecule has 5 heteroatoms. The highest BCUT2D eigenvalue weighted by atomic mass is 32.1. The number of rotatable bonds is 3. The summed E-state index contributed by atoms with van der Waals surface area (Å²) in [5.41, 5.74) is 5.02. The summed E-state index contributed by atoms with van der Waals surface area (Å²) < 4.78 is 5.17. The third-order valence-corrected chi connectivity index (χ3v) is 3.58. The molecule has 0 amide bonds. The second-order valence-corrected chi connectivity index (χ2v) is 5.59. The zero-order chi connectivity index (χ0) is 14.4. The van der Waals surface area contributed by atoms with Crippen LogP contribution in [0.25, 0.3) is 0 Å². The van der Waals surface area contributed by atoms with Gasteiger partial charge in [-0.2, -0.15) is 5.10 Å². The number of benzene rings is 1. The lowest BCUT2D eigenvalue weighted by Crippen LogP contribution is -2.26. The summed E-state index contributed by atoms with van der Waals surface area (Å²) in [6.45, 7) is 2.27. The molecule has 1 saturated carbocycles. The van der Waals surface area contributed by atoms with Gasteiger partial charge in [0.2, 0.25) is 0 Å². The molecule has 0 radical (unpaired) electrons. The molecule has 20 heavy (non-hydrogen) atoms. The van der Waals surface area contributed by atoms with Crippen LogP contribution in [0.1, 0.15) is 32.6 Å². The first-order valence-corrected chi connectivity index (χ1v) is 7.34. The van der Waals surface area contributed by atoms with Crippen molar-refractivity contribution in [2.45, 2.75) is 32.6 Å². The van der Waals surface area contributed by atoms with E-state index in [1.54, 1.807) is 7.11 Å². The maximum atomic E-state index is 5.24. The van der Waals surface area contributed by atoms with E-state index in [-0.39, 0.29) is 0 Å². The minimum Gasteiger partial charge on any atom is -0.497 e. The minimum atomic E-state index is 0.504. The molecule has 108 valence electrons. The van der Waals surface area contributed by atoms with Crippen molar-refractivity contribution >= 4 is 28.7 Å². The third-order valence-electron chi connectivity index (χ3n) is 3.39. The maximum Gasteiger partial charge on any atom is 0.191 e. The second kappa shape index (κ2) is 7.24. The van der Waals surface area contributed by atoms with Gasteiger partial charge in [-0.25, -0.2) is 0 Å². The molecule has 0 aromatic heterocycles. The van der Waals surface area contributed by atoms with E-state index in [1.807, 2.05) is 24.3 Å². The predicted octanol–water partition coefficient (Wildman–Crippen LogP) is 3.55. The van der Waals surface area contributed by atoms with E-state index in [1.165, 1.54) is 18.6 Å². The second-order valence-electron chi connectivity index (χ2n) is 5.18. The molecule has 2 N–H and O–H groups in total. The van der Waals surface area contributed by atoms with Gasteiger partial charge in [-0.1, -0.05) is 13.0 Å². The molecule has 4 nitrogen and oxygen atoms in total. The standard InChI is InChI=1S/C15H21N3OS/c1-11-5-3-7-13(9-11)17-18-15(20)16-12-6-4-8-14(10-12)19-2/h4,6,8,10-11H,3,5,7,9H2,1-2H3,(H2,16,18,20)/b17-13+/t11-/m1/s1. The normalized spacial score (nSPS) is 20.5. The first kappa shape index (κ1) is 14.8. The Kier molecular flexibility index (Phi) is 5.35. The summed E-state index contributed by atoms with van der Waals surface area (Å²) in [6, 6.07) is 7.64. The zero-order valence-corrected chi connectivity index (χ0v) is 12.8. The molecule has 1 aromatic carbocycles. The lowest BCUT2D eigenvalue weighted by molar-refractivity contribution is 0.415. The fraction of sp³-hybridized carbons (Fsp3) is 0.467. The van der Waals surface area contributed by atoms with E-state index in [0.29, 0.717) is 5.11 Å². The van der Waals surface area contributed by atoms with E-state index in [0.717, 1.165) is 30.2 Å². The van der Waals surface area contributed by atoms with Crippen molar-refractivity contribution in [1.82, 2.24) is 5.43 Å². The van der Waals surface area contributed by atoms with Gasteiger partial charge in [-0.15, -0.1) is 0 Å². The zero-order valence-electron chi connectivity index (χ0n) is 12.0. The van der Waals surface area contributed by atoms with E-state index >= 15 is 0 Å². The van der Waals surface area contributed by atoms with Crippen molar-refractivity contribution < 1.29 is 4.74 Å². The number of thiocarbonyl (C=S) groups is 1. The smallest absolute Gasteiger partial charge is 0.191 e. The van der Waals surface area contributed by atoms with Crippen molar-refractivity contribution in [3.05, 3.63) is 24.3 Å². The van der Waals surface area contributed by atoms with Gasteiger partial charge < -0.3 is 10.1 Å². The van der Waals surface area contributed by atoms with E-state index in [4.69, 9.17) is 17.0 Å². The van der Waals surface area contributed by atoms with Crippen LogP contribution in [0.4, 0.5) is 5.69 Å². The number of hydrogen-bond donors (Lipinski definition) is 2. The quantitative estimate of drug-likeness (QED) is 0.660. The highest BCUT2D eigenvalue weighted by Crippen LogP contribution is 2.21. The van der Waals surface area contributed by atoms with Gasteiger partial charge in [0.05, 0.1) is 7.11 Å². The Bertz CT molecular complexity index is 502. The summed E-state index contributed by atoms with van der Waals surface area (Å²) in [6.07, 6.45) is 4.65. The lowest BCUT2D eigenvalue weighted by atomic mass is 9.89. The van der Waals surface area contributed by atoms with Crippen LogP contribution in [0.5, 0.6) is 5.75 Å². The Hall–Kier alpha value is -1.62. The fourth-order valence-corrected chi connectivity index (χ4v) is 2.52. The topological polar surface area (TPSA) is 45.6 Å². The third kappa shape index (κ3) is 4.49. The van der Waals surface area contributed by atoms with Crippen LogP contribution in [0, 0.1) is 5.92 Å². The van der Waals surface area contributed by atoms with Gasteiger partial charge in [0.15, 0.2) is 5.11 Å². The Morgan fingerprint density at radius 1 is 1.45 bits per heavy atom. The number of nitrogens with zero attached hydrogens (tertiary/aromatic N) is 1. The van der Waals surface area contributed by atoms with Crippen LogP contribution in [-0.2, 0) is 0 Å². The Balaban J connectivity index is 1.87. The lowest BCUT2D eigenvalue weighted by Gasteiger charge is -2.19. The molecule has 2 rings (SSSR count). The van der Waals surface area contributed by atoms with Crippen LogP contribution in [0.3, 0.4) is 0 Å². The molecule has 0 aliphatic heterocycles. The molecular formula is C15H21N3OS. The molecule has 0 heterocycles. The van der Waals surface area contributed by atoms with E-state index < -0.39 is 0 Å². The number of methoxy groups -OCH3 is 1. The van der Waals surface area contributed by atoms with E-state index in [9.17, 15) is 0 Å². The van der Waals surface area contributed by atoms with Crippen molar-refractivity contribution in [2.24, 2.45) is 11.0 Å². The Labute approximate surface area is 125 Å². The van der Waals surface area contributed by atoms with E-state index in [2.05, 4.69) is 22.8 Å². The van der Waals surface area contributed by atoms with Gasteiger partial charge in [0.25, 0.3) is 0 Å². The average Bonchev–Trinajstić information content (AvgIpc) is 2.45. The highest BCUT2D eigenvalue weighted by Gasteiger charge is 2.13. The minimum absolute atomic E-state index is 0.504. The van der Waals surface area contributed by atoms with Crippen LogP contribution < -0.4 is 15.5 Å². The summed E-state index contributed by atoms with van der Waals surface area (Å²) in [5, 5.41) is 8.01. The van der Waals surface area contributed by atoms with Gasteiger partial charge in [0, 0.05) is 17.5 Å². The largest absolute Gasteiger partial charge is 0.497 e. The van der Waals surface area contributed by atoms with Crippen LogP contribution in [0.2, 0.25) is 0 Å². The molecule has 0 spiro atoms. The Morgan fingerprint density at radius 2 is 2.30 bits per heavy atom. The molecule has 0 unspecified atom stereocenters. The van der Waals surface area contributed by atoms with Crippen molar-refractivity contribution in [3.63, 3.8) is 0 Å². The predicted molar refractivity (Wildman–Crippen MR) is 87.4 cm³/mol. The Morgan fingerprint density at radius 3 is 3.05 bits per heavy atom. The summed E-state index contributed by atoms with van der Waals surface area (Å²) in [5.74, 6) is 1.52. The van der Waals surface area contributed by atoms with Crippen molar-refractivity contribution in [2.75, 3.05) is 12.4 Å². The molecule has 1 aliphatic rings. The molecular weight excluding hydrogens is 270 g/mol. The number of nitrogens with one attached hydrogen (secondary N) is 2. The van der Waals surface area contributed by atoms with Crippen molar-refractivity contribution in [3.8, 4) is 5.75 Å². The molecule has 1 aliphatic carbocycles.